The standard InChI is InChI=1S/C18H29NO/c1-4-11-19-18(16-10-12-20-17(16)6-3)15-9-7-8-14(5-2)13-15/h7-9,13,16-19H,4-6,10-12H2,1-3H3. The molecule has 1 aromatic carbocycles. The van der Waals surface area contributed by atoms with Gasteiger partial charge in [0.1, 0.15) is 0 Å². The molecule has 3 unspecified atom stereocenters. The van der Waals surface area contributed by atoms with Crippen LogP contribution in [0.5, 0.6) is 0 Å². The molecule has 0 spiro atoms. The summed E-state index contributed by atoms with van der Waals surface area (Å²) in [6.07, 6.45) is 4.98. The van der Waals surface area contributed by atoms with Gasteiger partial charge < -0.3 is 10.1 Å². The van der Waals surface area contributed by atoms with Crippen LogP contribution >= 0.6 is 0 Å². The number of hydrogen-bond acceptors (Lipinski definition) is 2. The van der Waals surface area contributed by atoms with E-state index in [-0.39, 0.29) is 0 Å². The lowest BCUT2D eigenvalue weighted by Crippen LogP contribution is -2.33. The van der Waals surface area contributed by atoms with Crippen LogP contribution in [0, 0.1) is 5.92 Å². The van der Waals surface area contributed by atoms with Gasteiger partial charge in [0.15, 0.2) is 0 Å². The second-order valence-electron chi connectivity index (χ2n) is 5.80. The van der Waals surface area contributed by atoms with Crippen molar-refractivity contribution in [1.82, 2.24) is 5.32 Å². The van der Waals surface area contributed by atoms with Crippen LogP contribution in [0.1, 0.15) is 57.2 Å². The van der Waals surface area contributed by atoms with Crippen molar-refractivity contribution in [2.75, 3.05) is 13.2 Å². The van der Waals surface area contributed by atoms with Crippen LogP contribution in [-0.4, -0.2) is 19.3 Å². The van der Waals surface area contributed by atoms with Crippen LogP contribution < -0.4 is 5.32 Å². The smallest absolute Gasteiger partial charge is 0.0619 e. The van der Waals surface area contributed by atoms with E-state index >= 15 is 0 Å². The van der Waals surface area contributed by atoms with Crippen LogP contribution in [0.2, 0.25) is 0 Å². The molecule has 112 valence electrons. The Morgan fingerprint density at radius 3 is 2.85 bits per heavy atom. The van der Waals surface area contributed by atoms with Crippen LogP contribution in [0.15, 0.2) is 24.3 Å². The number of rotatable bonds is 7. The summed E-state index contributed by atoms with van der Waals surface area (Å²) in [6.45, 7) is 8.69. The predicted octanol–water partition coefficient (Wildman–Crippen LogP) is 4.10. The molecule has 2 nitrogen and oxygen atoms in total. The molecule has 2 rings (SSSR count). The fourth-order valence-electron chi connectivity index (χ4n) is 3.29. The molecule has 2 heteroatoms. The monoisotopic (exact) mass is 275 g/mol. The van der Waals surface area contributed by atoms with Gasteiger partial charge in [0, 0.05) is 18.6 Å². The van der Waals surface area contributed by atoms with Gasteiger partial charge >= 0.3 is 0 Å². The van der Waals surface area contributed by atoms with Gasteiger partial charge in [-0.1, -0.05) is 45.0 Å². The molecule has 1 saturated heterocycles. The third-order valence-corrected chi connectivity index (χ3v) is 4.42. The Morgan fingerprint density at radius 2 is 2.15 bits per heavy atom. The zero-order valence-corrected chi connectivity index (χ0v) is 13.2. The molecule has 0 radical (unpaired) electrons. The first-order valence-electron chi connectivity index (χ1n) is 8.23. The molecule has 3 atom stereocenters. The Balaban J connectivity index is 2.21. The molecule has 0 aliphatic carbocycles. The minimum Gasteiger partial charge on any atom is -0.378 e. The summed E-state index contributed by atoms with van der Waals surface area (Å²) in [5.74, 6) is 0.610. The second kappa shape index (κ2) is 7.80. The van der Waals surface area contributed by atoms with Crippen LogP contribution in [0.4, 0.5) is 0 Å². The van der Waals surface area contributed by atoms with Crippen molar-refractivity contribution in [3.63, 3.8) is 0 Å². The summed E-state index contributed by atoms with van der Waals surface area (Å²) in [6, 6.07) is 9.51. The molecule has 1 aromatic rings. The van der Waals surface area contributed by atoms with E-state index < -0.39 is 0 Å². The first-order valence-corrected chi connectivity index (χ1v) is 8.23. The van der Waals surface area contributed by atoms with E-state index in [1.165, 1.54) is 24.0 Å². The summed E-state index contributed by atoms with van der Waals surface area (Å²) < 4.78 is 5.91. The lowest BCUT2D eigenvalue weighted by molar-refractivity contribution is 0.0774. The van der Waals surface area contributed by atoms with Crippen molar-refractivity contribution in [3.05, 3.63) is 35.4 Å². The Labute approximate surface area is 123 Å². The van der Waals surface area contributed by atoms with E-state index in [0.29, 0.717) is 18.1 Å². The van der Waals surface area contributed by atoms with Crippen LogP contribution in [-0.2, 0) is 11.2 Å². The lowest BCUT2D eigenvalue weighted by Gasteiger charge is -2.29. The maximum Gasteiger partial charge on any atom is 0.0619 e. The quantitative estimate of drug-likeness (QED) is 0.808. The minimum atomic E-state index is 0.412. The van der Waals surface area contributed by atoms with Crippen molar-refractivity contribution in [2.45, 2.75) is 58.6 Å². The molecule has 1 N–H and O–H groups in total. The lowest BCUT2D eigenvalue weighted by atomic mass is 9.86. The van der Waals surface area contributed by atoms with Gasteiger partial charge in [-0.3, -0.25) is 0 Å². The highest BCUT2D eigenvalue weighted by Gasteiger charge is 2.34. The molecule has 0 amide bonds. The highest BCUT2D eigenvalue weighted by molar-refractivity contribution is 5.27. The van der Waals surface area contributed by atoms with E-state index in [1.807, 2.05) is 0 Å². The van der Waals surface area contributed by atoms with Gasteiger partial charge in [0.05, 0.1) is 6.10 Å². The fraction of sp³-hybridized carbons (Fsp3) is 0.667. The number of ether oxygens (including phenoxy) is 1. The Hall–Kier alpha value is -0.860. The van der Waals surface area contributed by atoms with Crippen LogP contribution in [0.25, 0.3) is 0 Å². The highest BCUT2D eigenvalue weighted by atomic mass is 16.5. The van der Waals surface area contributed by atoms with Gasteiger partial charge in [0.25, 0.3) is 0 Å². The number of hydrogen-bond donors (Lipinski definition) is 1. The Morgan fingerprint density at radius 1 is 1.30 bits per heavy atom. The summed E-state index contributed by atoms with van der Waals surface area (Å²) in [5.41, 5.74) is 2.87. The van der Waals surface area contributed by atoms with Crippen molar-refractivity contribution in [1.29, 1.82) is 0 Å². The topological polar surface area (TPSA) is 21.3 Å². The maximum atomic E-state index is 5.91. The SMILES string of the molecule is CCCNC(c1cccc(CC)c1)C1CCOC1CC. The number of nitrogens with one attached hydrogen (secondary N) is 1. The predicted molar refractivity (Wildman–Crippen MR) is 85.0 cm³/mol. The molecule has 1 fully saturated rings. The van der Waals surface area contributed by atoms with E-state index in [2.05, 4.69) is 50.4 Å². The summed E-state index contributed by atoms with van der Waals surface area (Å²) >= 11 is 0. The highest BCUT2D eigenvalue weighted by Crippen LogP contribution is 2.35. The van der Waals surface area contributed by atoms with Gasteiger partial charge in [-0.15, -0.1) is 0 Å². The molecule has 20 heavy (non-hydrogen) atoms. The van der Waals surface area contributed by atoms with Crippen molar-refractivity contribution >= 4 is 0 Å². The van der Waals surface area contributed by atoms with Gasteiger partial charge in [-0.25, -0.2) is 0 Å². The van der Waals surface area contributed by atoms with E-state index in [4.69, 9.17) is 4.74 Å². The van der Waals surface area contributed by atoms with Gasteiger partial charge in [-0.2, -0.15) is 0 Å². The third-order valence-electron chi connectivity index (χ3n) is 4.42. The number of benzene rings is 1. The Bertz CT molecular complexity index is 404. The average Bonchev–Trinajstić information content (AvgIpc) is 2.96. The third kappa shape index (κ3) is 3.62. The van der Waals surface area contributed by atoms with Crippen molar-refractivity contribution < 1.29 is 4.74 Å². The molecule has 0 saturated carbocycles. The Kier molecular flexibility index (Phi) is 6.06. The molecular weight excluding hydrogens is 246 g/mol. The zero-order valence-electron chi connectivity index (χ0n) is 13.2. The fourth-order valence-corrected chi connectivity index (χ4v) is 3.29. The normalized spacial score (nSPS) is 23.9. The maximum absolute atomic E-state index is 5.91. The molecule has 1 aliphatic heterocycles. The summed E-state index contributed by atoms with van der Waals surface area (Å²) in [4.78, 5) is 0. The van der Waals surface area contributed by atoms with Gasteiger partial charge in [-0.05, 0) is 43.4 Å². The molecule has 0 aromatic heterocycles. The first kappa shape index (κ1) is 15.5. The molecular formula is C18H29NO. The molecule has 1 heterocycles. The van der Waals surface area contributed by atoms with E-state index in [9.17, 15) is 0 Å². The number of aryl methyl sites for hydroxylation is 1. The van der Waals surface area contributed by atoms with E-state index in [0.717, 1.165) is 26.0 Å². The minimum absolute atomic E-state index is 0.412. The first-order chi connectivity index (χ1) is 9.80. The van der Waals surface area contributed by atoms with Gasteiger partial charge in [0.2, 0.25) is 0 Å². The van der Waals surface area contributed by atoms with Crippen molar-refractivity contribution in [2.24, 2.45) is 5.92 Å². The van der Waals surface area contributed by atoms with Crippen molar-refractivity contribution in [3.8, 4) is 0 Å². The average molecular weight is 275 g/mol. The second-order valence-corrected chi connectivity index (χ2v) is 5.80. The zero-order chi connectivity index (χ0) is 14.4. The largest absolute Gasteiger partial charge is 0.378 e. The molecule has 0 bridgehead atoms. The van der Waals surface area contributed by atoms with Crippen LogP contribution in [0.3, 0.4) is 0 Å². The molecule has 1 aliphatic rings. The van der Waals surface area contributed by atoms with E-state index in [1.54, 1.807) is 0 Å². The summed E-state index contributed by atoms with van der Waals surface area (Å²) in [7, 11) is 0. The summed E-state index contributed by atoms with van der Waals surface area (Å²) in [5, 5.41) is 3.76.